The quantitative estimate of drug-likeness (QED) is 0.870. The van der Waals surface area contributed by atoms with Gasteiger partial charge >= 0.3 is 0 Å². The molecule has 0 unspecified atom stereocenters. The van der Waals surface area contributed by atoms with E-state index in [0.717, 1.165) is 6.42 Å². The van der Waals surface area contributed by atoms with Crippen LogP contribution in [0.2, 0.25) is 5.02 Å². The van der Waals surface area contributed by atoms with Crippen LogP contribution in [0.3, 0.4) is 0 Å². The number of rotatable bonds is 6. The summed E-state index contributed by atoms with van der Waals surface area (Å²) in [5.74, 6) is 0.259. The van der Waals surface area contributed by atoms with Gasteiger partial charge in [-0.3, -0.25) is 0 Å². The van der Waals surface area contributed by atoms with Crippen LogP contribution in [0.5, 0.6) is 5.75 Å². The second-order valence-corrected chi connectivity index (χ2v) is 6.58. The average Bonchev–Trinajstić information content (AvgIpc) is 2.37. The first-order valence-electron chi connectivity index (χ1n) is 5.91. The van der Waals surface area contributed by atoms with Crippen molar-refractivity contribution in [2.45, 2.75) is 24.8 Å². The van der Waals surface area contributed by atoms with Crippen LogP contribution in [0.4, 0.5) is 0 Å². The van der Waals surface area contributed by atoms with E-state index in [-0.39, 0.29) is 17.2 Å². The number of nitrogens with zero attached hydrogens (tertiary/aromatic N) is 1. The predicted octanol–water partition coefficient (Wildman–Crippen LogP) is 1.84. The van der Waals surface area contributed by atoms with Crippen LogP contribution >= 0.6 is 11.6 Å². The standard InChI is InChI=1S/C12H19ClN2O3S/c1-4-5-15(2)19(16,17)11-7-10(13)6-9(8-14)12(11)18-3/h6-7H,4-5,8,14H2,1-3H3. The highest BCUT2D eigenvalue weighted by Crippen LogP contribution is 2.33. The molecule has 19 heavy (non-hydrogen) atoms. The molecular weight excluding hydrogens is 288 g/mol. The van der Waals surface area contributed by atoms with E-state index in [9.17, 15) is 8.42 Å². The molecule has 0 aliphatic rings. The Labute approximate surface area is 119 Å². The van der Waals surface area contributed by atoms with Gasteiger partial charge in [-0.25, -0.2) is 12.7 Å². The predicted molar refractivity (Wildman–Crippen MR) is 76.0 cm³/mol. The molecule has 0 bridgehead atoms. The number of benzene rings is 1. The molecule has 0 saturated carbocycles. The van der Waals surface area contributed by atoms with Crippen LogP contribution < -0.4 is 10.5 Å². The lowest BCUT2D eigenvalue weighted by molar-refractivity contribution is 0.393. The lowest BCUT2D eigenvalue weighted by Gasteiger charge is -2.19. The van der Waals surface area contributed by atoms with E-state index in [0.29, 0.717) is 17.1 Å². The summed E-state index contributed by atoms with van der Waals surface area (Å²) in [4.78, 5) is 0.0545. The van der Waals surface area contributed by atoms with E-state index in [1.165, 1.54) is 24.5 Å². The molecule has 0 heterocycles. The Kier molecular flexibility index (Phi) is 5.61. The Balaban J connectivity index is 3.45. The molecule has 0 radical (unpaired) electrons. The number of hydrogen-bond acceptors (Lipinski definition) is 4. The SMILES string of the molecule is CCCN(C)S(=O)(=O)c1cc(Cl)cc(CN)c1OC. The van der Waals surface area contributed by atoms with Gasteiger partial charge in [-0.15, -0.1) is 0 Å². The third kappa shape index (κ3) is 3.39. The molecule has 0 atom stereocenters. The van der Waals surface area contributed by atoms with Crippen molar-refractivity contribution < 1.29 is 13.2 Å². The Morgan fingerprint density at radius 2 is 2.05 bits per heavy atom. The first-order chi connectivity index (χ1) is 8.88. The van der Waals surface area contributed by atoms with E-state index in [1.54, 1.807) is 6.07 Å². The Morgan fingerprint density at radius 3 is 2.53 bits per heavy atom. The number of halogens is 1. The minimum Gasteiger partial charge on any atom is -0.495 e. The van der Waals surface area contributed by atoms with Crippen LogP contribution in [0, 0.1) is 0 Å². The van der Waals surface area contributed by atoms with Crippen LogP contribution in [-0.4, -0.2) is 33.4 Å². The molecule has 1 aromatic rings. The molecule has 0 aliphatic heterocycles. The van der Waals surface area contributed by atoms with Crippen LogP contribution in [0.25, 0.3) is 0 Å². The van der Waals surface area contributed by atoms with E-state index in [1.807, 2.05) is 6.92 Å². The second kappa shape index (κ2) is 6.56. The number of methoxy groups -OCH3 is 1. The molecule has 0 amide bonds. The van der Waals surface area contributed by atoms with E-state index in [4.69, 9.17) is 22.1 Å². The summed E-state index contributed by atoms with van der Waals surface area (Å²) in [6, 6.07) is 3.00. The summed E-state index contributed by atoms with van der Waals surface area (Å²) in [6.07, 6.45) is 0.725. The normalized spacial score (nSPS) is 11.9. The van der Waals surface area contributed by atoms with Gasteiger partial charge in [0.25, 0.3) is 0 Å². The molecular formula is C12H19ClN2O3S. The molecule has 0 saturated heterocycles. The molecule has 0 spiro atoms. The van der Waals surface area contributed by atoms with Gasteiger partial charge in [-0.2, -0.15) is 0 Å². The molecule has 0 fully saturated rings. The molecule has 108 valence electrons. The van der Waals surface area contributed by atoms with Gasteiger partial charge in [-0.1, -0.05) is 18.5 Å². The van der Waals surface area contributed by atoms with Crippen molar-refractivity contribution >= 4 is 21.6 Å². The van der Waals surface area contributed by atoms with Crippen molar-refractivity contribution in [2.24, 2.45) is 5.73 Å². The summed E-state index contributed by atoms with van der Waals surface area (Å²) in [7, 11) is -0.684. The van der Waals surface area contributed by atoms with E-state index < -0.39 is 10.0 Å². The van der Waals surface area contributed by atoms with Gasteiger partial charge < -0.3 is 10.5 Å². The summed E-state index contributed by atoms with van der Waals surface area (Å²) in [5.41, 5.74) is 6.16. The van der Waals surface area contributed by atoms with Gasteiger partial charge in [0.05, 0.1) is 7.11 Å². The monoisotopic (exact) mass is 306 g/mol. The number of sulfonamides is 1. The number of nitrogens with two attached hydrogens (primary N) is 1. The summed E-state index contributed by atoms with van der Waals surface area (Å²) in [5, 5.41) is 0.324. The van der Waals surface area contributed by atoms with Crippen molar-refractivity contribution in [1.82, 2.24) is 4.31 Å². The molecule has 7 heteroatoms. The van der Waals surface area contributed by atoms with Crippen molar-refractivity contribution in [2.75, 3.05) is 20.7 Å². The average molecular weight is 307 g/mol. The van der Waals surface area contributed by atoms with Crippen molar-refractivity contribution in [3.63, 3.8) is 0 Å². The fourth-order valence-corrected chi connectivity index (χ4v) is 3.59. The third-order valence-electron chi connectivity index (χ3n) is 2.75. The maximum Gasteiger partial charge on any atom is 0.246 e. The maximum absolute atomic E-state index is 12.5. The first kappa shape index (κ1) is 16.2. The third-order valence-corrected chi connectivity index (χ3v) is 4.83. The molecule has 5 nitrogen and oxygen atoms in total. The Hall–Kier alpha value is -0.820. The summed E-state index contributed by atoms with van der Waals surface area (Å²) in [6.45, 7) is 2.49. The number of ether oxygens (including phenoxy) is 1. The molecule has 2 N–H and O–H groups in total. The topological polar surface area (TPSA) is 72.6 Å². The van der Waals surface area contributed by atoms with Gasteiger partial charge in [0.2, 0.25) is 10.0 Å². The number of hydrogen-bond donors (Lipinski definition) is 1. The minimum absolute atomic E-state index is 0.0545. The highest BCUT2D eigenvalue weighted by Gasteiger charge is 2.26. The van der Waals surface area contributed by atoms with E-state index in [2.05, 4.69) is 0 Å². The Morgan fingerprint density at radius 1 is 1.42 bits per heavy atom. The summed E-state index contributed by atoms with van der Waals surface area (Å²) < 4.78 is 31.4. The van der Waals surface area contributed by atoms with Crippen molar-refractivity contribution in [1.29, 1.82) is 0 Å². The highest BCUT2D eigenvalue weighted by atomic mass is 35.5. The summed E-state index contributed by atoms with van der Waals surface area (Å²) >= 11 is 5.95. The van der Waals surface area contributed by atoms with Crippen LogP contribution in [0.15, 0.2) is 17.0 Å². The fraction of sp³-hybridized carbons (Fsp3) is 0.500. The maximum atomic E-state index is 12.5. The smallest absolute Gasteiger partial charge is 0.246 e. The van der Waals surface area contributed by atoms with E-state index >= 15 is 0 Å². The molecule has 1 rings (SSSR count). The molecule has 0 aliphatic carbocycles. The van der Waals surface area contributed by atoms with Crippen molar-refractivity contribution in [3.8, 4) is 5.75 Å². The second-order valence-electron chi connectivity index (χ2n) is 4.13. The van der Waals surface area contributed by atoms with Gasteiger partial charge in [0, 0.05) is 30.7 Å². The fourth-order valence-electron chi connectivity index (χ4n) is 1.80. The zero-order chi connectivity index (χ0) is 14.6. The van der Waals surface area contributed by atoms with Crippen LogP contribution in [-0.2, 0) is 16.6 Å². The van der Waals surface area contributed by atoms with Crippen LogP contribution in [0.1, 0.15) is 18.9 Å². The van der Waals surface area contributed by atoms with Gasteiger partial charge in [0.15, 0.2) is 0 Å². The zero-order valence-corrected chi connectivity index (χ0v) is 12.9. The Bertz CT molecular complexity index is 546. The minimum atomic E-state index is -3.63. The van der Waals surface area contributed by atoms with Gasteiger partial charge in [-0.05, 0) is 18.6 Å². The first-order valence-corrected chi connectivity index (χ1v) is 7.73. The van der Waals surface area contributed by atoms with Gasteiger partial charge in [0.1, 0.15) is 10.6 Å². The lowest BCUT2D eigenvalue weighted by Crippen LogP contribution is -2.28. The lowest BCUT2D eigenvalue weighted by atomic mass is 10.2. The molecule has 0 aromatic heterocycles. The highest BCUT2D eigenvalue weighted by molar-refractivity contribution is 7.89. The zero-order valence-electron chi connectivity index (χ0n) is 11.3. The largest absolute Gasteiger partial charge is 0.495 e. The van der Waals surface area contributed by atoms with Crippen molar-refractivity contribution in [3.05, 3.63) is 22.7 Å². The molecule has 1 aromatic carbocycles.